The van der Waals surface area contributed by atoms with Gasteiger partial charge in [-0.25, -0.2) is 4.79 Å². The molecule has 1 heterocycles. The summed E-state index contributed by atoms with van der Waals surface area (Å²) in [7, 11) is 1.39. The van der Waals surface area contributed by atoms with Crippen molar-refractivity contribution < 1.29 is 19.2 Å². The number of piperidine rings is 1. The van der Waals surface area contributed by atoms with Gasteiger partial charge in [-0.1, -0.05) is 6.92 Å². The SMILES string of the molecule is COC(=O)c1ccc(OCCCC[NH+]2CCC[C@@H](C)C2)cc1. The van der Waals surface area contributed by atoms with Gasteiger partial charge in [0.05, 0.1) is 38.9 Å². The number of benzene rings is 1. The average molecular weight is 306 g/mol. The average Bonchev–Trinajstić information content (AvgIpc) is 2.54. The van der Waals surface area contributed by atoms with E-state index in [0.717, 1.165) is 24.7 Å². The van der Waals surface area contributed by atoms with Crippen molar-refractivity contribution in [1.29, 1.82) is 0 Å². The summed E-state index contributed by atoms with van der Waals surface area (Å²) in [6.45, 7) is 7.02. The number of unbranched alkanes of at least 4 members (excludes halogenated alkanes) is 1. The molecule has 2 atom stereocenters. The molecule has 1 fully saturated rings. The van der Waals surface area contributed by atoms with Crippen LogP contribution in [0, 0.1) is 5.92 Å². The predicted molar refractivity (Wildman–Crippen MR) is 86.5 cm³/mol. The Morgan fingerprint density at radius 1 is 1.27 bits per heavy atom. The van der Waals surface area contributed by atoms with Gasteiger partial charge in [-0.2, -0.15) is 0 Å². The van der Waals surface area contributed by atoms with Crippen molar-refractivity contribution in [2.45, 2.75) is 32.6 Å². The molecule has 1 aromatic carbocycles. The molecule has 122 valence electrons. The van der Waals surface area contributed by atoms with Crippen LogP contribution in [0.25, 0.3) is 0 Å². The first-order chi connectivity index (χ1) is 10.7. The maximum absolute atomic E-state index is 11.3. The Labute approximate surface area is 133 Å². The van der Waals surface area contributed by atoms with Gasteiger partial charge in [0.2, 0.25) is 0 Å². The third-order valence-electron chi connectivity index (χ3n) is 4.33. The predicted octanol–water partition coefficient (Wildman–Crippen LogP) is 1.95. The highest BCUT2D eigenvalue weighted by molar-refractivity contribution is 5.89. The molecule has 1 N–H and O–H groups in total. The van der Waals surface area contributed by atoms with Crippen molar-refractivity contribution in [2.75, 3.05) is 33.4 Å². The molecule has 2 rings (SSSR count). The quantitative estimate of drug-likeness (QED) is 0.618. The summed E-state index contributed by atoms with van der Waals surface area (Å²) >= 11 is 0. The minimum atomic E-state index is -0.315. The van der Waals surface area contributed by atoms with E-state index in [1.165, 1.54) is 46.0 Å². The number of esters is 1. The van der Waals surface area contributed by atoms with Crippen LogP contribution in [0.1, 0.15) is 43.0 Å². The smallest absolute Gasteiger partial charge is 0.337 e. The number of hydrogen-bond donors (Lipinski definition) is 1. The molecule has 4 nitrogen and oxygen atoms in total. The Hall–Kier alpha value is -1.55. The fraction of sp³-hybridized carbons (Fsp3) is 0.611. The molecule has 22 heavy (non-hydrogen) atoms. The van der Waals surface area contributed by atoms with Gasteiger partial charge >= 0.3 is 5.97 Å². The van der Waals surface area contributed by atoms with E-state index in [0.29, 0.717) is 5.56 Å². The van der Waals surface area contributed by atoms with E-state index in [-0.39, 0.29) is 5.97 Å². The van der Waals surface area contributed by atoms with E-state index in [2.05, 4.69) is 11.7 Å². The number of nitrogens with one attached hydrogen (secondary N) is 1. The van der Waals surface area contributed by atoms with Gasteiger partial charge in [-0.05, 0) is 49.9 Å². The molecule has 0 bridgehead atoms. The third-order valence-corrected chi connectivity index (χ3v) is 4.33. The third kappa shape index (κ3) is 5.34. The number of quaternary nitrogens is 1. The minimum absolute atomic E-state index is 0.315. The number of methoxy groups -OCH3 is 1. The van der Waals surface area contributed by atoms with Crippen LogP contribution in [-0.2, 0) is 4.74 Å². The highest BCUT2D eigenvalue weighted by Gasteiger charge is 2.18. The molecule has 1 aliphatic heterocycles. The summed E-state index contributed by atoms with van der Waals surface area (Å²) in [6, 6.07) is 7.12. The molecule has 0 aliphatic carbocycles. The summed E-state index contributed by atoms with van der Waals surface area (Å²) in [4.78, 5) is 13.1. The minimum Gasteiger partial charge on any atom is -0.494 e. The van der Waals surface area contributed by atoms with Gasteiger partial charge in [0.15, 0.2) is 0 Å². The van der Waals surface area contributed by atoms with Crippen molar-refractivity contribution in [3.63, 3.8) is 0 Å². The number of rotatable bonds is 7. The highest BCUT2D eigenvalue weighted by atomic mass is 16.5. The van der Waals surface area contributed by atoms with Crippen molar-refractivity contribution >= 4 is 5.97 Å². The summed E-state index contributed by atoms with van der Waals surface area (Å²) < 4.78 is 10.4. The second-order valence-corrected chi connectivity index (χ2v) is 6.27. The topological polar surface area (TPSA) is 40.0 Å². The standard InChI is InChI=1S/C18H27NO3/c1-15-6-5-12-19(14-15)11-3-4-13-22-17-9-7-16(8-10-17)18(20)21-2/h7-10,15H,3-6,11-14H2,1-2H3/p+1/t15-/m1/s1. The van der Waals surface area contributed by atoms with Crippen molar-refractivity contribution in [2.24, 2.45) is 5.92 Å². The van der Waals surface area contributed by atoms with Crippen LogP contribution in [0.2, 0.25) is 0 Å². The largest absolute Gasteiger partial charge is 0.494 e. The summed E-state index contributed by atoms with van der Waals surface area (Å²) in [5.74, 6) is 1.38. The summed E-state index contributed by atoms with van der Waals surface area (Å²) in [6.07, 6.45) is 5.06. The Kier molecular flexibility index (Phi) is 6.72. The molecule has 4 heteroatoms. The van der Waals surface area contributed by atoms with Crippen LogP contribution in [0.15, 0.2) is 24.3 Å². The zero-order valence-electron chi connectivity index (χ0n) is 13.8. The maximum Gasteiger partial charge on any atom is 0.337 e. The van der Waals surface area contributed by atoms with E-state index in [4.69, 9.17) is 4.74 Å². The molecule has 0 amide bonds. The summed E-state index contributed by atoms with van der Waals surface area (Å²) in [5.41, 5.74) is 0.553. The van der Waals surface area contributed by atoms with Crippen molar-refractivity contribution in [3.8, 4) is 5.75 Å². The van der Waals surface area contributed by atoms with Crippen molar-refractivity contribution in [3.05, 3.63) is 29.8 Å². The molecular weight excluding hydrogens is 278 g/mol. The number of hydrogen-bond acceptors (Lipinski definition) is 3. The number of carbonyl (C=O) groups is 1. The number of carbonyl (C=O) groups excluding carboxylic acids is 1. The van der Waals surface area contributed by atoms with Crippen LogP contribution < -0.4 is 9.64 Å². The lowest BCUT2D eigenvalue weighted by atomic mass is 10.0. The second-order valence-electron chi connectivity index (χ2n) is 6.27. The molecule has 1 saturated heterocycles. The number of likely N-dealkylation sites (tertiary alicyclic amines) is 1. The lowest BCUT2D eigenvalue weighted by Crippen LogP contribution is -3.13. The van der Waals surface area contributed by atoms with E-state index >= 15 is 0 Å². The van der Waals surface area contributed by atoms with Crippen LogP contribution in [0.4, 0.5) is 0 Å². The second kappa shape index (κ2) is 8.79. The van der Waals surface area contributed by atoms with Crippen LogP contribution >= 0.6 is 0 Å². The molecule has 1 aromatic rings. The van der Waals surface area contributed by atoms with Crippen LogP contribution in [0.5, 0.6) is 5.75 Å². The molecule has 0 radical (unpaired) electrons. The molecule has 0 saturated carbocycles. The Morgan fingerprint density at radius 3 is 2.73 bits per heavy atom. The van der Waals surface area contributed by atoms with Gasteiger partial charge < -0.3 is 14.4 Å². The first-order valence-corrected chi connectivity index (χ1v) is 8.34. The van der Waals surface area contributed by atoms with E-state index < -0.39 is 0 Å². The lowest BCUT2D eigenvalue weighted by molar-refractivity contribution is -0.908. The van der Waals surface area contributed by atoms with Crippen LogP contribution in [-0.4, -0.2) is 39.3 Å². The number of ether oxygens (including phenoxy) is 2. The monoisotopic (exact) mass is 306 g/mol. The zero-order chi connectivity index (χ0) is 15.8. The van der Waals surface area contributed by atoms with E-state index in [1.54, 1.807) is 17.0 Å². The molecular formula is C18H28NO3+. The summed E-state index contributed by atoms with van der Waals surface area (Å²) in [5, 5.41) is 0. The fourth-order valence-electron chi connectivity index (χ4n) is 3.10. The molecule has 0 spiro atoms. The molecule has 0 aromatic heterocycles. The maximum atomic E-state index is 11.3. The van der Waals surface area contributed by atoms with Crippen LogP contribution in [0.3, 0.4) is 0 Å². The Bertz CT molecular complexity index is 458. The van der Waals surface area contributed by atoms with Gasteiger partial charge in [0.25, 0.3) is 0 Å². The fourth-order valence-corrected chi connectivity index (χ4v) is 3.10. The molecule has 1 unspecified atom stereocenters. The van der Waals surface area contributed by atoms with Gasteiger partial charge in [-0.15, -0.1) is 0 Å². The normalized spacial score (nSPS) is 21.4. The molecule has 1 aliphatic rings. The first-order valence-electron chi connectivity index (χ1n) is 8.34. The van der Waals surface area contributed by atoms with Gasteiger partial charge in [0, 0.05) is 5.92 Å². The van der Waals surface area contributed by atoms with Gasteiger partial charge in [-0.3, -0.25) is 0 Å². The zero-order valence-corrected chi connectivity index (χ0v) is 13.8. The Morgan fingerprint density at radius 2 is 2.05 bits per heavy atom. The highest BCUT2D eigenvalue weighted by Crippen LogP contribution is 2.13. The first kappa shape index (κ1) is 16.8. The lowest BCUT2D eigenvalue weighted by Gasteiger charge is -2.27. The Balaban J connectivity index is 1.61. The van der Waals surface area contributed by atoms with Crippen molar-refractivity contribution in [1.82, 2.24) is 0 Å². The van der Waals surface area contributed by atoms with Gasteiger partial charge in [0.1, 0.15) is 5.75 Å². The van der Waals surface area contributed by atoms with E-state index in [1.807, 2.05) is 12.1 Å². The van der Waals surface area contributed by atoms with E-state index in [9.17, 15) is 4.79 Å².